The second kappa shape index (κ2) is 8.33. The molecular formula is C17H23N3O3. The van der Waals surface area contributed by atoms with Gasteiger partial charge in [0.15, 0.2) is 5.76 Å². The fourth-order valence-corrected chi connectivity index (χ4v) is 2.24. The van der Waals surface area contributed by atoms with Gasteiger partial charge >= 0.3 is 6.03 Å². The number of benzene rings is 1. The molecule has 6 nitrogen and oxygen atoms in total. The van der Waals surface area contributed by atoms with Gasteiger partial charge in [0.05, 0.1) is 6.54 Å². The van der Waals surface area contributed by atoms with E-state index >= 15 is 0 Å². The van der Waals surface area contributed by atoms with Crippen LogP contribution in [0.4, 0.5) is 4.79 Å². The van der Waals surface area contributed by atoms with Crippen LogP contribution in [0.25, 0.3) is 11.3 Å². The predicted octanol–water partition coefficient (Wildman–Crippen LogP) is 2.55. The molecule has 1 aromatic heterocycles. The molecule has 0 saturated heterocycles. The smallest absolute Gasteiger partial charge is 0.315 e. The standard InChI is InChI=1S/C17H23N3O3/c1-12(2)15(8-9-21)19-17(22)18-11-14-10-16(23-20-14)13-6-4-3-5-7-13/h3-7,10,12,15,21H,8-9,11H2,1-2H3,(H2,18,19,22). The number of nitrogens with one attached hydrogen (secondary N) is 2. The molecule has 124 valence electrons. The molecule has 0 bridgehead atoms. The SMILES string of the molecule is CC(C)C(CCO)NC(=O)NCc1cc(-c2ccccc2)on1. The van der Waals surface area contributed by atoms with E-state index in [4.69, 9.17) is 9.63 Å². The molecule has 0 aliphatic rings. The van der Waals surface area contributed by atoms with Gasteiger partial charge in [0.2, 0.25) is 0 Å². The van der Waals surface area contributed by atoms with E-state index in [0.717, 1.165) is 5.56 Å². The molecule has 23 heavy (non-hydrogen) atoms. The average Bonchev–Trinajstić information content (AvgIpc) is 3.02. The van der Waals surface area contributed by atoms with Gasteiger partial charge in [0.1, 0.15) is 5.69 Å². The Morgan fingerprint density at radius 2 is 2.04 bits per heavy atom. The van der Waals surface area contributed by atoms with Crippen LogP contribution in [0.3, 0.4) is 0 Å². The van der Waals surface area contributed by atoms with E-state index in [-0.39, 0.29) is 31.1 Å². The fourth-order valence-electron chi connectivity index (χ4n) is 2.24. The first-order chi connectivity index (χ1) is 11.1. The van der Waals surface area contributed by atoms with Crippen LogP contribution in [0.1, 0.15) is 26.0 Å². The van der Waals surface area contributed by atoms with Crippen molar-refractivity contribution in [3.63, 3.8) is 0 Å². The van der Waals surface area contributed by atoms with E-state index in [2.05, 4.69) is 15.8 Å². The zero-order chi connectivity index (χ0) is 16.7. The maximum absolute atomic E-state index is 11.9. The van der Waals surface area contributed by atoms with Crippen LogP contribution in [0, 0.1) is 5.92 Å². The first-order valence-corrected chi connectivity index (χ1v) is 7.76. The summed E-state index contributed by atoms with van der Waals surface area (Å²) in [6, 6.07) is 11.1. The molecule has 2 amide bonds. The first kappa shape index (κ1) is 17.0. The summed E-state index contributed by atoms with van der Waals surface area (Å²) in [6.45, 7) is 4.34. The van der Waals surface area contributed by atoms with Crippen LogP contribution in [0.2, 0.25) is 0 Å². The molecule has 0 fully saturated rings. The van der Waals surface area contributed by atoms with Crippen molar-refractivity contribution in [2.45, 2.75) is 32.9 Å². The molecule has 1 unspecified atom stereocenters. The normalized spacial score (nSPS) is 12.2. The highest BCUT2D eigenvalue weighted by atomic mass is 16.5. The first-order valence-electron chi connectivity index (χ1n) is 7.76. The number of hydrogen-bond donors (Lipinski definition) is 3. The molecule has 0 aliphatic heterocycles. The molecule has 1 atom stereocenters. The molecule has 0 aliphatic carbocycles. The van der Waals surface area contributed by atoms with E-state index in [1.54, 1.807) is 0 Å². The monoisotopic (exact) mass is 317 g/mol. The van der Waals surface area contributed by atoms with E-state index in [0.29, 0.717) is 17.9 Å². The number of aliphatic hydroxyl groups is 1. The van der Waals surface area contributed by atoms with Crippen LogP contribution in [-0.2, 0) is 6.54 Å². The van der Waals surface area contributed by atoms with E-state index in [1.807, 2.05) is 50.2 Å². The highest BCUT2D eigenvalue weighted by Crippen LogP contribution is 2.19. The fraction of sp³-hybridized carbons (Fsp3) is 0.412. The summed E-state index contributed by atoms with van der Waals surface area (Å²) in [5, 5.41) is 18.6. The second-order valence-corrected chi connectivity index (χ2v) is 5.74. The topological polar surface area (TPSA) is 87.4 Å². The molecular weight excluding hydrogens is 294 g/mol. The second-order valence-electron chi connectivity index (χ2n) is 5.74. The van der Waals surface area contributed by atoms with Gasteiger partial charge in [-0.05, 0) is 12.3 Å². The van der Waals surface area contributed by atoms with E-state index in [9.17, 15) is 4.79 Å². The summed E-state index contributed by atoms with van der Waals surface area (Å²) in [5.41, 5.74) is 1.60. The van der Waals surface area contributed by atoms with Crippen molar-refractivity contribution in [1.29, 1.82) is 0 Å². The summed E-state index contributed by atoms with van der Waals surface area (Å²) in [7, 11) is 0. The summed E-state index contributed by atoms with van der Waals surface area (Å²) in [4.78, 5) is 11.9. The highest BCUT2D eigenvalue weighted by Gasteiger charge is 2.15. The molecule has 1 heterocycles. The minimum absolute atomic E-state index is 0.0485. The van der Waals surface area contributed by atoms with Crippen molar-refractivity contribution in [2.75, 3.05) is 6.61 Å². The number of urea groups is 1. The summed E-state index contributed by atoms with van der Waals surface area (Å²) < 4.78 is 5.29. The van der Waals surface area contributed by atoms with Crippen molar-refractivity contribution in [3.8, 4) is 11.3 Å². The van der Waals surface area contributed by atoms with Crippen LogP contribution < -0.4 is 10.6 Å². The maximum atomic E-state index is 11.9. The van der Waals surface area contributed by atoms with Gasteiger partial charge in [-0.1, -0.05) is 49.3 Å². The van der Waals surface area contributed by atoms with Gasteiger partial charge in [0.25, 0.3) is 0 Å². The molecule has 1 aromatic carbocycles. The van der Waals surface area contributed by atoms with E-state index < -0.39 is 0 Å². The van der Waals surface area contributed by atoms with Gasteiger partial charge in [-0.15, -0.1) is 0 Å². The number of aromatic nitrogens is 1. The van der Waals surface area contributed by atoms with Gasteiger partial charge in [-0.3, -0.25) is 0 Å². The van der Waals surface area contributed by atoms with Crippen molar-refractivity contribution >= 4 is 6.03 Å². The van der Waals surface area contributed by atoms with Crippen LogP contribution in [-0.4, -0.2) is 28.9 Å². The lowest BCUT2D eigenvalue weighted by Crippen LogP contribution is -2.44. The predicted molar refractivity (Wildman–Crippen MR) is 87.6 cm³/mol. The number of nitrogens with zero attached hydrogens (tertiary/aromatic N) is 1. The number of amides is 2. The maximum Gasteiger partial charge on any atom is 0.315 e. The number of rotatable bonds is 7. The Morgan fingerprint density at radius 3 is 2.70 bits per heavy atom. The number of carbonyl (C=O) groups excluding carboxylic acids is 1. The highest BCUT2D eigenvalue weighted by molar-refractivity contribution is 5.74. The quantitative estimate of drug-likeness (QED) is 0.732. The molecule has 0 saturated carbocycles. The zero-order valence-electron chi connectivity index (χ0n) is 13.5. The van der Waals surface area contributed by atoms with Gasteiger partial charge in [-0.2, -0.15) is 0 Å². The Morgan fingerprint density at radius 1 is 1.30 bits per heavy atom. The van der Waals surface area contributed by atoms with Crippen LogP contribution >= 0.6 is 0 Å². The minimum atomic E-state index is -0.276. The van der Waals surface area contributed by atoms with Gasteiger partial charge < -0.3 is 20.3 Å². The number of hydrogen-bond acceptors (Lipinski definition) is 4. The van der Waals surface area contributed by atoms with E-state index in [1.165, 1.54) is 0 Å². The molecule has 2 rings (SSSR count). The van der Waals surface area contributed by atoms with Gasteiger partial charge in [0, 0.05) is 24.3 Å². The third-order valence-electron chi connectivity index (χ3n) is 3.61. The summed E-state index contributed by atoms with van der Waals surface area (Å²) in [6.07, 6.45) is 0.535. The van der Waals surface area contributed by atoms with Crippen molar-refractivity contribution in [3.05, 3.63) is 42.1 Å². The van der Waals surface area contributed by atoms with Crippen LogP contribution in [0.15, 0.2) is 40.9 Å². The Hall–Kier alpha value is -2.34. The number of carbonyl (C=O) groups is 1. The summed E-state index contributed by atoms with van der Waals surface area (Å²) in [5.74, 6) is 0.924. The molecule has 6 heteroatoms. The Bertz CT molecular complexity index is 611. The molecule has 3 N–H and O–H groups in total. The Balaban J connectivity index is 1.86. The lowest BCUT2D eigenvalue weighted by atomic mass is 10.0. The van der Waals surface area contributed by atoms with Gasteiger partial charge in [-0.25, -0.2) is 4.79 Å². The average molecular weight is 317 g/mol. The summed E-state index contributed by atoms with van der Waals surface area (Å²) >= 11 is 0. The molecule has 2 aromatic rings. The lowest BCUT2D eigenvalue weighted by molar-refractivity contribution is 0.218. The van der Waals surface area contributed by atoms with Crippen molar-refractivity contribution < 1.29 is 14.4 Å². The Labute approximate surface area is 135 Å². The number of aliphatic hydroxyl groups excluding tert-OH is 1. The Kier molecular flexibility index (Phi) is 6.17. The minimum Gasteiger partial charge on any atom is -0.396 e. The largest absolute Gasteiger partial charge is 0.396 e. The van der Waals surface area contributed by atoms with Crippen LogP contribution in [0.5, 0.6) is 0 Å². The lowest BCUT2D eigenvalue weighted by Gasteiger charge is -2.21. The third-order valence-corrected chi connectivity index (χ3v) is 3.61. The molecule has 0 spiro atoms. The van der Waals surface area contributed by atoms with Crippen molar-refractivity contribution in [2.24, 2.45) is 5.92 Å². The zero-order valence-corrected chi connectivity index (χ0v) is 13.5. The molecule has 0 radical (unpaired) electrons. The van der Waals surface area contributed by atoms with Crippen molar-refractivity contribution in [1.82, 2.24) is 15.8 Å². The third kappa shape index (κ3) is 5.10.